The van der Waals surface area contributed by atoms with Crippen molar-refractivity contribution >= 4 is 11.7 Å². The second-order valence-corrected chi connectivity index (χ2v) is 7.12. The fourth-order valence-electron chi connectivity index (χ4n) is 4.17. The third-order valence-corrected chi connectivity index (χ3v) is 5.44. The quantitative estimate of drug-likeness (QED) is 0.733. The van der Waals surface area contributed by atoms with E-state index in [0.29, 0.717) is 11.4 Å². The van der Waals surface area contributed by atoms with Crippen molar-refractivity contribution in [1.82, 2.24) is 9.78 Å². The maximum absolute atomic E-state index is 12.7. The van der Waals surface area contributed by atoms with Crippen molar-refractivity contribution in [3.05, 3.63) is 45.7 Å². The highest BCUT2D eigenvalue weighted by atomic mass is 16.3. The van der Waals surface area contributed by atoms with Crippen LogP contribution in [-0.4, -0.2) is 20.8 Å². The first-order valence-electron chi connectivity index (χ1n) is 9.06. The maximum Gasteiger partial charge on any atom is 0.270 e. The molecule has 4 rings (SSSR count). The molecule has 1 aliphatic carbocycles. The maximum atomic E-state index is 12.7. The van der Waals surface area contributed by atoms with E-state index in [9.17, 15) is 14.7 Å². The summed E-state index contributed by atoms with van der Waals surface area (Å²) in [6.07, 6.45) is 7.05. The minimum Gasteiger partial charge on any atom is -0.508 e. The molecule has 0 spiro atoms. The summed E-state index contributed by atoms with van der Waals surface area (Å²) in [5, 5.41) is 15.4. The second-order valence-electron chi connectivity index (χ2n) is 7.12. The molecule has 1 atom stereocenters. The van der Waals surface area contributed by atoms with Crippen LogP contribution >= 0.6 is 0 Å². The molecule has 25 heavy (non-hydrogen) atoms. The lowest BCUT2D eigenvalue weighted by atomic mass is 9.87. The molecule has 2 aromatic rings. The monoisotopic (exact) mass is 341 g/mol. The van der Waals surface area contributed by atoms with Crippen molar-refractivity contribution in [3.63, 3.8) is 0 Å². The number of anilines is 1. The molecule has 6 nitrogen and oxygen atoms in total. The first-order valence-corrected chi connectivity index (χ1v) is 9.06. The number of nitrogens with zero attached hydrogens (tertiary/aromatic N) is 1. The zero-order valence-corrected chi connectivity index (χ0v) is 14.1. The van der Waals surface area contributed by atoms with Crippen LogP contribution in [-0.2, 0) is 4.79 Å². The molecule has 1 aromatic carbocycles. The van der Waals surface area contributed by atoms with Crippen LogP contribution in [0.2, 0.25) is 0 Å². The van der Waals surface area contributed by atoms with Gasteiger partial charge in [-0.1, -0.05) is 37.8 Å². The SMILES string of the molecule is O=C1CC(c2ccc(O)cc2)c2c(n(C3CCCCCC3)[nH]c2=O)N1. The van der Waals surface area contributed by atoms with Gasteiger partial charge < -0.3 is 10.4 Å². The zero-order valence-electron chi connectivity index (χ0n) is 14.1. The van der Waals surface area contributed by atoms with Gasteiger partial charge in [-0.15, -0.1) is 0 Å². The fourth-order valence-corrected chi connectivity index (χ4v) is 4.17. The fraction of sp³-hybridized carbons (Fsp3) is 0.474. The largest absolute Gasteiger partial charge is 0.508 e. The topological polar surface area (TPSA) is 87.1 Å². The van der Waals surface area contributed by atoms with Gasteiger partial charge in [0.1, 0.15) is 11.6 Å². The van der Waals surface area contributed by atoms with Crippen LogP contribution in [0.5, 0.6) is 5.75 Å². The summed E-state index contributed by atoms with van der Waals surface area (Å²) in [5.41, 5.74) is 1.38. The number of aromatic amines is 1. The van der Waals surface area contributed by atoms with Crippen LogP contribution in [0, 0.1) is 0 Å². The number of aromatic nitrogens is 2. The molecule has 1 aromatic heterocycles. The zero-order chi connectivity index (χ0) is 17.4. The van der Waals surface area contributed by atoms with Crippen LogP contribution in [0.15, 0.2) is 29.1 Å². The Morgan fingerprint density at radius 3 is 2.36 bits per heavy atom. The first-order chi connectivity index (χ1) is 12.1. The summed E-state index contributed by atoms with van der Waals surface area (Å²) in [5.74, 6) is 0.451. The van der Waals surface area contributed by atoms with Gasteiger partial charge in [0.15, 0.2) is 0 Å². The van der Waals surface area contributed by atoms with E-state index >= 15 is 0 Å². The van der Waals surface area contributed by atoms with Crippen molar-refractivity contribution in [1.29, 1.82) is 0 Å². The standard InChI is InChI=1S/C19H23N3O3/c23-14-9-7-12(8-10-14)15-11-16(24)20-18-17(15)19(25)21-22(18)13-5-3-1-2-4-6-13/h7-10,13,15,23H,1-6,11H2,(H,20,24)(H,21,25). The third-order valence-electron chi connectivity index (χ3n) is 5.44. The lowest BCUT2D eigenvalue weighted by Gasteiger charge is -2.26. The molecule has 0 radical (unpaired) electrons. The molecule has 0 saturated heterocycles. The number of hydrogen-bond donors (Lipinski definition) is 3. The number of fused-ring (bicyclic) bond motifs is 1. The Morgan fingerprint density at radius 1 is 1.00 bits per heavy atom. The van der Waals surface area contributed by atoms with E-state index in [1.54, 1.807) is 24.3 Å². The Hall–Kier alpha value is -2.50. The predicted octanol–water partition coefficient (Wildman–Crippen LogP) is 3.25. The molecule has 1 unspecified atom stereocenters. The molecule has 1 aliphatic heterocycles. The Morgan fingerprint density at radius 2 is 1.68 bits per heavy atom. The summed E-state index contributed by atoms with van der Waals surface area (Å²) in [6, 6.07) is 6.99. The van der Waals surface area contributed by atoms with E-state index in [4.69, 9.17) is 0 Å². The highest BCUT2D eigenvalue weighted by molar-refractivity contribution is 5.94. The number of rotatable bonds is 2. The van der Waals surface area contributed by atoms with Crippen molar-refractivity contribution in [2.45, 2.75) is 56.9 Å². The van der Waals surface area contributed by atoms with Crippen LogP contribution < -0.4 is 10.9 Å². The Kier molecular flexibility index (Phi) is 4.11. The van der Waals surface area contributed by atoms with Crippen LogP contribution in [0.1, 0.15) is 68.0 Å². The van der Waals surface area contributed by atoms with Crippen molar-refractivity contribution in [3.8, 4) is 5.75 Å². The smallest absolute Gasteiger partial charge is 0.270 e. The molecular formula is C19H23N3O3. The molecule has 3 N–H and O–H groups in total. The van der Waals surface area contributed by atoms with Gasteiger partial charge in [0, 0.05) is 12.3 Å². The predicted molar refractivity (Wildman–Crippen MR) is 95.0 cm³/mol. The summed E-state index contributed by atoms with van der Waals surface area (Å²) in [7, 11) is 0. The van der Waals surface area contributed by atoms with Gasteiger partial charge in [-0.3, -0.25) is 19.4 Å². The number of aromatic hydroxyl groups is 1. The molecule has 1 amide bonds. The molecule has 2 aliphatic rings. The molecule has 6 heteroatoms. The van der Waals surface area contributed by atoms with E-state index in [0.717, 1.165) is 31.2 Å². The second kappa shape index (κ2) is 6.43. The van der Waals surface area contributed by atoms with Crippen molar-refractivity contribution in [2.24, 2.45) is 0 Å². The number of phenolic OH excluding ortho intramolecular Hbond substituents is 1. The first kappa shape index (κ1) is 16.0. The molecule has 1 fully saturated rings. The summed E-state index contributed by atoms with van der Waals surface area (Å²) < 4.78 is 1.90. The normalized spacial score (nSPS) is 21.4. The average molecular weight is 341 g/mol. The molecule has 0 bridgehead atoms. The number of carbonyl (C=O) groups is 1. The third kappa shape index (κ3) is 2.97. The van der Waals surface area contributed by atoms with Crippen molar-refractivity contribution < 1.29 is 9.90 Å². The molecule has 132 valence electrons. The van der Waals surface area contributed by atoms with Crippen LogP contribution in [0.3, 0.4) is 0 Å². The Bertz CT molecular complexity index is 827. The van der Waals surface area contributed by atoms with E-state index < -0.39 is 0 Å². The summed E-state index contributed by atoms with van der Waals surface area (Å²) in [4.78, 5) is 25.0. The highest BCUT2D eigenvalue weighted by Gasteiger charge is 2.34. The average Bonchev–Trinajstić information content (AvgIpc) is 2.78. The summed E-state index contributed by atoms with van der Waals surface area (Å²) >= 11 is 0. The van der Waals surface area contributed by atoms with E-state index in [1.165, 1.54) is 12.8 Å². The molecule has 1 saturated carbocycles. The number of phenols is 1. The van der Waals surface area contributed by atoms with Crippen molar-refractivity contribution in [2.75, 3.05) is 5.32 Å². The lowest BCUT2D eigenvalue weighted by Crippen LogP contribution is -2.27. The van der Waals surface area contributed by atoms with Gasteiger partial charge in [0.25, 0.3) is 5.56 Å². The number of benzene rings is 1. The molecule has 2 heterocycles. The van der Waals surface area contributed by atoms with Crippen LogP contribution in [0.25, 0.3) is 0 Å². The minimum absolute atomic E-state index is 0.0769. The number of amides is 1. The highest BCUT2D eigenvalue weighted by Crippen LogP contribution is 2.38. The van der Waals surface area contributed by atoms with Gasteiger partial charge in [0.05, 0.1) is 11.6 Å². The molecular weight excluding hydrogens is 318 g/mol. The van der Waals surface area contributed by atoms with E-state index in [2.05, 4.69) is 10.4 Å². The van der Waals surface area contributed by atoms with E-state index in [-0.39, 0.29) is 35.6 Å². The minimum atomic E-state index is -0.278. The van der Waals surface area contributed by atoms with Gasteiger partial charge in [0.2, 0.25) is 5.91 Å². The number of hydrogen-bond acceptors (Lipinski definition) is 3. The van der Waals surface area contributed by atoms with Gasteiger partial charge in [-0.25, -0.2) is 0 Å². The van der Waals surface area contributed by atoms with Gasteiger partial charge in [-0.2, -0.15) is 0 Å². The Balaban J connectivity index is 1.77. The van der Waals surface area contributed by atoms with E-state index in [1.807, 2.05) is 4.68 Å². The number of carbonyl (C=O) groups excluding carboxylic acids is 1. The number of nitrogens with one attached hydrogen (secondary N) is 2. The van der Waals surface area contributed by atoms with Gasteiger partial charge in [-0.05, 0) is 30.5 Å². The van der Waals surface area contributed by atoms with Crippen LogP contribution in [0.4, 0.5) is 5.82 Å². The van der Waals surface area contributed by atoms with Gasteiger partial charge >= 0.3 is 0 Å². The number of H-pyrrole nitrogens is 1. The Labute approximate surface area is 145 Å². The summed E-state index contributed by atoms with van der Waals surface area (Å²) in [6.45, 7) is 0. The lowest BCUT2D eigenvalue weighted by molar-refractivity contribution is -0.116.